The number of rotatable bonds is 3. The quantitative estimate of drug-likeness (QED) is 0.595. The van der Waals surface area contributed by atoms with Crippen LogP contribution in [-0.4, -0.2) is 26.5 Å². The van der Waals surface area contributed by atoms with E-state index in [1.807, 2.05) is 6.07 Å². The molecule has 6 nitrogen and oxygen atoms in total. The molecule has 0 bridgehead atoms. The number of imidazole rings is 1. The lowest BCUT2D eigenvalue weighted by atomic mass is 10.2. The second-order valence-corrected chi connectivity index (χ2v) is 4.66. The van der Waals surface area contributed by atoms with Crippen LogP contribution < -0.4 is 5.43 Å². The number of carbonyl (C=O) groups is 1. The first-order valence-corrected chi connectivity index (χ1v) is 6.48. The number of carbonyl (C=O) groups excluding carboxylic acids is 1. The average Bonchev–Trinajstić information content (AvgIpc) is 2.91. The number of nitrogens with zero attached hydrogens (tertiary/aromatic N) is 4. The smallest absolute Gasteiger partial charge is 0.291 e. The van der Waals surface area contributed by atoms with Crippen LogP contribution in [0.15, 0.2) is 54.2 Å². The van der Waals surface area contributed by atoms with E-state index < -0.39 is 5.91 Å². The molecule has 0 saturated carbocycles. The maximum absolute atomic E-state index is 11.9. The Labute approximate surface area is 125 Å². The Morgan fingerprint density at radius 2 is 2.33 bits per heavy atom. The van der Waals surface area contributed by atoms with Crippen molar-refractivity contribution in [1.29, 1.82) is 0 Å². The first kappa shape index (κ1) is 13.3. The van der Waals surface area contributed by atoms with Crippen LogP contribution in [-0.2, 0) is 0 Å². The highest BCUT2D eigenvalue weighted by Gasteiger charge is 2.09. The highest BCUT2D eigenvalue weighted by Crippen LogP contribution is 2.08. The van der Waals surface area contributed by atoms with E-state index in [1.165, 1.54) is 6.21 Å². The summed E-state index contributed by atoms with van der Waals surface area (Å²) in [7, 11) is 0. The fraction of sp³-hybridized carbons (Fsp3) is 0. The first-order chi connectivity index (χ1) is 10.2. The van der Waals surface area contributed by atoms with Crippen molar-refractivity contribution in [3.63, 3.8) is 0 Å². The minimum absolute atomic E-state index is 0.270. The van der Waals surface area contributed by atoms with Gasteiger partial charge in [0.1, 0.15) is 5.69 Å². The number of hydrogen-bond donors (Lipinski definition) is 1. The normalized spacial score (nSPS) is 11.1. The number of amides is 1. The molecule has 0 spiro atoms. The SMILES string of the molecule is O=C(N/N=C/c1cccc(Cl)c1)c1cn2ccncc2n1. The number of nitrogens with one attached hydrogen (secondary N) is 1. The van der Waals surface area contributed by atoms with Crippen LogP contribution in [0.2, 0.25) is 5.02 Å². The Kier molecular flexibility index (Phi) is 3.61. The number of fused-ring (bicyclic) bond motifs is 1. The van der Waals surface area contributed by atoms with Crippen LogP contribution in [0, 0.1) is 0 Å². The van der Waals surface area contributed by atoms with Crippen LogP contribution in [0.3, 0.4) is 0 Å². The highest BCUT2D eigenvalue weighted by molar-refractivity contribution is 6.30. The van der Waals surface area contributed by atoms with Crippen molar-refractivity contribution in [2.75, 3.05) is 0 Å². The molecule has 0 aliphatic rings. The molecule has 7 heteroatoms. The zero-order valence-electron chi connectivity index (χ0n) is 10.8. The third-order valence-electron chi connectivity index (χ3n) is 2.73. The van der Waals surface area contributed by atoms with Crippen molar-refractivity contribution in [1.82, 2.24) is 19.8 Å². The van der Waals surface area contributed by atoms with Gasteiger partial charge in [-0.1, -0.05) is 23.7 Å². The van der Waals surface area contributed by atoms with Crippen molar-refractivity contribution in [2.45, 2.75) is 0 Å². The Balaban J connectivity index is 1.71. The summed E-state index contributed by atoms with van der Waals surface area (Å²) in [6, 6.07) is 7.15. The molecule has 104 valence electrons. The minimum Gasteiger partial charge on any atom is -0.303 e. The average molecular weight is 300 g/mol. The lowest BCUT2D eigenvalue weighted by Crippen LogP contribution is -2.17. The summed E-state index contributed by atoms with van der Waals surface area (Å²) in [5.74, 6) is -0.392. The molecule has 0 aliphatic carbocycles. The van der Waals surface area contributed by atoms with Crippen molar-refractivity contribution in [3.05, 3.63) is 65.3 Å². The number of benzene rings is 1. The molecule has 2 aromatic heterocycles. The van der Waals surface area contributed by atoms with Crippen molar-refractivity contribution in [2.24, 2.45) is 5.10 Å². The molecule has 2 heterocycles. The second kappa shape index (κ2) is 5.72. The van der Waals surface area contributed by atoms with Gasteiger partial charge in [0.25, 0.3) is 5.91 Å². The molecule has 0 fully saturated rings. The molecule has 0 aliphatic heterocycles. The lowest BCUT2D eigenvalue weighted by molar-refractivity contribution is 0.0951. The van der Waals surface area contributed by atoms with Gasteiger partial charge in [0.15, 0.2) is 5.65 Å². The van der Waals surface area contributed by atoms with Gasteiger partial charge in [-0.15, -0.1) is 0 Å². The van der Waals surface area contributed by atoms with E-state index in [0.29, 0.717) is 10.7 Å². The standard InChI is InChI=1S/C14H10ClN5O/c15-11-3-1-2-10(6-11)7-17-19-14(21)12-9-20-5-4-16-8-13(20)18-12/h1-9H,(H,19,21)/b17-7+. The third-order valence-corrected chi connectivity index (χ3v) is 2.96. The summed E-state index contributed by atoms with van der Waals surface area (Å²) in [4.78, 5) is 20.0. The molecule has 0 saturated heterocycles. The summed E-state index contributed by atoms with van der Waals surface area (Å²) in [6.07, 6.45) is 8.04. The zero-order valence-corrected chi connectivity index (χ0v) is 11.5. The fourth-order valence-electron chi connectivity index (χ4n) is 1.76. The van der Waals surface area contributed by atoms with Crippen molar-refractivity contribution >= 4 is 29.4 Å². The van der Waals surface area contributed by atoms with Crippen LogP contribution in [0.4, 0.5) is 0 Å². The zero-order chi connectivity index (χ0) is 14.7. The number of hydrogen-bond acceptors (Lipinski definition) is 4. The highest BCUT2D eigenvalue weighted by atomic mass is 35.5. The van der Waals surface area contributed by atoms with Gasteiger partial charge in [-0.25, -0.2) is 10.4 Å². The van der Waals surface area contributed by atoms with Gasteiger partial charge in [0, 0.05) is 23.6 Å². The topological polar surface area (TPSA) is 71.7 Å². The van der Waals surface area contributed by atoms with Gasteiger partial charge in [-0.05, 0) is 17.7 Å². The molecular weight excluding hydrogens is 290 g/mol. The van der Waals surface area contributed by atoms with Crippen molar-refractivity contribution < 1.29 is 4.79 Å². The number of aromatic nitrogens is 3. The minimum atomic E-state index is -0.392. The molecular formula is C14H10ClN5O. The summed E-state index contributed by atoms with van der Waals surface area (Å²) in [6.45, 7) is 0. The fourth-order valence-corrected chi connectivity index (χ4v) is 1.96. The van der Waals surface area contributed by atoms with Crippen LogP contribution >= 0.6 is 11.6 Å². The van der Waals surface area contributed by atoms with E-state index in [-0.39, 0.29) is 5.69 Å². The summed E-state index contributed by atoms with van der Waals surface area (Å²) in [5, 5.41) is 4.49. The summed E-state index contributed by atoms with van der Waals surface area (Å²) >= 11 is 5.86. The molecule has 21 heavy (non-hydrogen) atoms. The van der Waals surface area contributed by atoms with Gasteiger partial charge in [0.2, 0.25) is 0 Å². The predicted molar refractivity (Wildman–Crippen MR) is 79.5 cm³/mol. The van der Waals surface area contributed by atoms with E-state index in [0.717, 1.165) is 5.56 Å². The molecule has 0 atom stereocenters. The van der Waals surface area contributed by atoms with Crippen LogP contribution in [0.25, 0.3) is 5.65 Å². The van der Waals surface area contributed by atoms with E-state index in [9.17, 15) is 4.79 Å². The van der Waals surface area contributed by atoms with Gasteiger partial charge < -0.3 is 4.40 Å². The molecule has 3 aromatic rings. The summed E-state index contributed by atoms with van der Waals surface area (Å²) < 4.78 is 1.71. The molecule has 0 radical (unpaired) electrons. The maximum Gasteiger partial charge on any atom is 0.291 e. The maximum atomic E-state index is 11.9. The Bertz CT molecular complexity index is 794. The number of halogens is 1. The van der Waals surface area contributed by atoms with E-state index in [1.54, 1.807) is 47.4 Å². The van der Waals surface area contributed by atoms with E-state index in [2.05, 4.69) is 20.5 Å². The monoisotopic (exact) mass is 299 g/mol. The van der Waals surface area contributed by atoms with Gasteiger partial charge in [-0.3, -0.25) is 9.78 Å². The van der Waals surface area contributed by atoms with E-state index >= 15 is 0 Å². The first-order valence-electron chi connectivity index (χ1n) is 6.10. The van der Waals surface area contributed by atoms with Gasteiger partial charge in [0.05, 0.1) is 12.4 Å². The Morgan fingerprint density at radius 1 is 1.43 bits per heavy atom. The molecule has 1 amide bonds. The van der Waals surface area contributed by atoms with Crippen LogP contribution in [0.1, 0.15) is 16.1 Å². The molecule has 1 N–H and O–H groups in total. The lowest BCUT2D eigenvalue weighted by Gasteiger charge is -1.96. The Hall–Kier alpha value is -2.73. The van der Waals surface area contributed by atoms with E-state index in [4.69, 9.17) is 11.6 Å². The third kappa shape index (κ3) is 3.06. The summed E-state index contributed by atoms with van der Waals surface area (Å²) in [5.41, 5.74) is 4.08. The molecule has 3 rings (SSSR count). The van der Waals surface area contributed by atoms with Crippen molar-refractivity contribution in [3.8, 4) is 0 Å². The number of hydrazone groups is 1. The second-order valence-electron chi connectivity index (χ2n) is 4.22. The van der Waals surface area contributed by atoms with Crippen LogP contribution in [0.5, 0.6) is 0 Å². The molecule has 1 aromatic carbocycles. The predicted octanol–water partition coefficient (Wildman–Crippen LogP) is 2.15. The van der Waals surface area contributed by atoms with Gasteiger partial charge >= 0.3 is 0 Å². The Morgan fingerprint density at radius 3 is 3.14 bits per heavy atom. The van der Waals surface area contributed by atoms with Gasteiger partial charge in [-0.2, -0.15) is 5.10 Å². The largest absolute Gasteiger partial charge is 0.303 e. The molecule has 0 unspecified atom stereocenters.